The van der Waals surface area contributed by atoms with Gasteiger partial charge in [-0.3, -0.25) is 0 Å². The summed E-state index contributed by atoms with van der Waals surface area (Å²) in [6.07, 6.45) is 5.77. The molecule has 2 rings (SSSR count). The molecule has 0 aromatic heterocycles. The van der Waals surface area contributed by atoms with Crippen LogP contribution in [-0.2, 0) is 12.8 Å². The zero-order chi connectivity index (χ0) is 13.3. The van der Waals surface area contributed by atoms with E-state index < -0.39 is 0 Å². The van der Waals surface area contributed by atoms with Gasteiger partial charge in [0.2, 0.25) is 0 Å². The van der Waals surface area contributed by atoms with E-state index in [1.54, 1.807) is 0 Å². The highest BCUT2D eigenvalue weighted by Crippen LogP contribution is 2.40. The fourth-order valence-electron chi connectivity index (χ4n) is 3.42. The molecule has 18 heavy (non-hydrogen) atoms. The topological polar surface area (TPSA) is 46.2 Å². The van der Waals surface area contributed by atoms with Crippen LogP contribution in [-0.4, -0.2) is 11.7 Å². The lowest BCUT2D eigenvalue weighted by atomic mass is 9.80. The van der Waals surface area contributed by atoms with E-state index in [1.165, 1.54) is 36.0 Å². The Labute approximate surface area is 110 Å². The third-order valence-corrected chi connectivity index (χ3v) is 4.48. The number of phenols is 1. The third-order valence-electron chi connectivity index (χ3n) is 4.48. The molecule has 3 N–H and O–H groups in total. The number of nitrogens with two attached hydrogens (primary N) is 1. The van der Waals surface area contributed by atoms with Crippen LogP contribution in [0.4, 0.5) is 0 Å². The van der Waals surface area contributed by atoms with Crippen LogP contribution in [0.5, 0.6) is 5.75 Å². The Balaban J connectivity index is 2.56. The van der Waals surface area contributed by atoms with Crippen molar-refractivity contribution in [2.75, 3.05) is 6.54 Å². The Morgan fingerprint density at radius 2 is 1.67 bits per heavy atom. The molecule has 0 amide bonds. The first kappa shape index (κ1) is 13.4. The number of aromatic hydroxyl groups is 1. The monoisotopic (exact) mass is 247 g/mol. The largest absolute Gasteiger partial charge is 0.507 e. The Morgan fingerprint density at radius 3 is 2.22 bits per heavy atom. The predicted octanol–water partition coefficient (Wildman–Crippen LogP) is 3.34. The maximum atomic E-state index is 10.5. The minimum absolute atomic E-state index is 0.348. The molecular formula is C16H25NO. The summed E-state index contributed by atoms with van der Waals surface area (Å²) in [5, 5.41) is 10.5. The molecule has 1 aromatic rings. The molecule has 1 aliphatic carbocycles. The van der Waals surface area contributed by atoms with E-state index in [2.05, 4.69) is 20.8 Å². The number of phenolic OH excluding ortho intramolecular Hbond substituents is 1. The standard InChI is InChI=1S/C16H25NO/c1-10(8-9-17)15-11(2)13-6-4-5-7-14(13)12(3)16(15)18/h10,18H,4-9,17H2,1-3H3. The van der Waals surface area contributed by atoms with Gasteiger partial charge in [0.15, 0.2) is 0 Å². The van der Waals surface area contributed by atoms with E-state index in [9.17, 15) is 5.11 Å². The summed E-state index contributed by atoms with van der Waals surface area (Å²) in [7, 11) is 0. The van der Waals surface area contributed by atoms with Gasteiger partial charge in [-0.05, 0) is 80.7 Å². The SMILES string of the molecule is Cc1c(O)c(C(C)CCN)c(C)c2c1CCCC2. The van der Waals surface area contributed by atoms with E-state index in [-0.39, 0.29) is 0 Å². The number of rotatable bonds is 3. The predicted molar refractivity (Wildman–Crippen MR) is 76.3 cm³/mol. The second-order valence-corrected chi connectivity index (χ2v) is 5.65. The van der Waals surface area contributed by atoms with Crippen LogP contribution in [0.1, 0.15) is 59.9 Å². The first-order valence-electron chi connectivity index (χ1n) is 7.11. The lowest BCUT2D eigenvalue weighted by Gasteiger charge is -2.26. The third kappa shape index (κ3) is 2.14. The molecule has 0 saturated heterocycles. The molecule has 2 nitrogen and oxygen atoms in total. The molecule has 1 aromatic carbocycles. The minimum atomic E-state index is 0.348. The van der Waals surface area contributed by atoms with Crippen molar-refractivity contribution in [2.45, 2.75) is 58.8 Å². The van der Waals surface area contributed by atoms with Gasteiger partial charge in [-0.2, -0.15) is 0 Å². The normalized spacial score (nSPS) is 16.4. The molecule has 1 unspecified atom stereocenters. The van der Waals surface area contributed by atoms with Crippen LogP contribution in [0.3, 0.4) is 0 Å². The molecule has 0 radical (unpaired) electrons. The van der Waals surface area contributed by atoms with E-state index in [1.807, 2.05) is 0 Å². The van der Waals surface area contributed by atoms with Gasteiger partial charge in [-0.15, -0.1) is 0 Å². The molecule has 100 valence electrons. The number of hydrogen-bond donors (Lipinski definition) is 2. The molecular weight excluding hydrogens is 222 g/mol. The first-order valence-corrected chi connectivity index (χ1v) is 7.11. The quantitative estimate of drug-likeness (QED) is 0.860. The Hall–Kier alpha value is -1.02. The van der Waals surface area contributed by atoms with Gasteiger partial charge in [0.05, 0.1) is 0 Å². The van der Waals surface area contributed by atoms with E-state index in [0.29, 0.717) is 18.2 Å². The van der Waals surface area contributed by atoms with Crippen molar-refractivity contribution in [1.82, 2.24) is 0 Å². The second-order valence-electron chi connectivity index (χ2n) is 5.65. The van der Waals surface area contributed by atoms with Crippen molar-refractivity contribution < 1.29 is 5.11 Å². The van der Waals surface area contributed by atoms with Gasteiger partial charge in [0.1, 0.15) is 5.75 Å². The Morgan fingerprint density at radius 1 is 1.11 bits per heavy atom. The summed E-state index contributed by atoms with van der Waals surface area (Å²) in [4.78, 5) is 0. The summed E-state index contributed by atoms with van der Waals surface area (Å²) in [5.74, 6) is 0.870. The number of benzene rings is 1. The fourth-order valence-corrected chi connectivity index (χ4v) is 3.42. The molecule has 0 aliphatic heterocycles. The maximum absolute atomic E-state index is 10.5. The highest BCUT2D eigenvalue weighted by atomic mass is 16.3. The smallest absolute Gasteiger partial charge is 0.122 e. The van der Waals surface area contributed by atoms with Crippen LogP contribution in [0.2, 0.25) is 0 Å². The molecule has 0 heterocycles. The van der Waals surface area contributed by atoms with Crippen LogP contribution >= 0.6 is 0 Å². The van der Waals surface area contributed by atoms with Crippen LogP contribution in [0, 0.1) is 13.8 Å². The summed E-state index contributed by atoms with van der Waals surface area (Å²) < 4.78 is 0. The molecule has 0 fully saturated rings. The van der Waals surface area contributed by atoms with Gasteiger partial charge in [-0.1, -0.05) is 6.92 Å². The zero-order valence-electron chi connectivity index (χ0n) is 11.8. The van der Waals surface area contributed by atoms with Crippen LogP contribution in [0.25, 0.3) is 0 Å². The van der Waals surface area contributed by atoms with Crippen molar-refractivity contribution >= 4 is 0 Å². The van der Waals surface area contributed by atoms with E-state index in [0.717, 1.165) is 24.0 Å². The van der Waals surface area contributed by atoms with Gasteiger partial charge >= 0.3 is 0 Å². The van der Waals surface area contributed by atoms with Crippen LogP contribution < -0.4 is 5.73 Å². The van der Waals surface area contributed by atoms with Gasteiger partial charge in [-0.25, -0.2) is 0 Å². The number of fused-ring (bicyclic) bond motifs is 1. The fraction of sp³-hybridized carbons (Fsp3) is 0.625. The average Bonchev–Trinajstić information content (AvgIpc) is 2.37. The lowest BCUT2D eigenvalue weighted by molar-refractivity contribution is 0.452. The molecule has 1 aliphatic rings. The lowest BCUT2D eigenvalue weighted by Crippen LogP contribution is -2.13. The van der Waals surface area contributed by atoms with Gasteiger partial charge in [0.25, 0.3) is 0 Å². The summed E-state index contributed by atoms with van der Waals surface area (Å²) >= 11 is 0. The average molecular weight is 247 g/mol. The van der Waals surface area contributed by atoms with Crippen molar-refractivity contribution in [3.05, 3.63) is 27.8 Å². The molecule has 2 heteroatoms. The number of hydrogen-bond acceptors (Lipinski definition) is 2. The van der Waals surface area contributed by atoms with Crippen molar-refractivity contribution in [3.63, 3.8) is 0 Å². The molecule has 0 saturated carbocycles. The van der Waals surface area contributed by atoms with Crippen molar-refractivity contribution in [2.24, 2.45) is 5.73 Å². The minimum Gasteiger partial charge on any atom is -0.507 e. The molecule has 1 atom stereocenters. The summed E-state index contributed by atoms with van der Waals surface area (Å²) in [6.45, 7) is 7.09. The van der Waals surface area contributed by atoms with Crippen LogP contribution in [0.15, 0.2) is 0 Å². The molecule has 0 spiro atoms. The maximum Gasteiger partial charge on any atom is 0.122 e. The van der Waals surface area contributed by atoms with Gasteiger partial charge < -0.3 is 10.8 Å². The summed E-state index contributed by atoms with van der Waals surface area (Å²) in [6, 6.07) is 0. The highest BCUT2D eigenvalue weighted by molar-refractivity contribution is 5.56. The highest BCUT2D eigenvalue weighted by Gasteiger charge is 2.23. The van der Waals surface area contributed by atoms with E-state index >= 15 is 0 Å². The van der Waals surface area contributed by atoms with E-state index in [4.69, 9.17) is 5.73 Å². The second kappa shape index (κ2) is 5.31. The Kier molecular flexibility index (Phi) is 3.96. The Bertz CT molecular complexity index is 451. The molecule has 0 bridgehead atoms. The van der Waals surface area contributed by atoms with Crippen molar-refractivity contribution in [1.29, 1.82) is 0 Å². The van der Waals surface area contributed by atoms with Crippen molar-refractivity contribution in [3.8, 4) is 5.75 Å². The van der Waals surface area contributed by atoms with Gasteiger partial charge in [0, 0.05) is 5.56 Å². The zero-order valence-corrected chi connectivity index (χ0v) is 11.8. The first-order chi connectivity index (χ1) is 8.57. The summed E-state index contributed by atoms with van der Waals surface area (Å²) in [5.41, 5.74) is 12.1.